The van der Waals surface area contributed by atoms with E-state index in [1.165, 1.54) is 45.2 Å². The van der Waals surface area contributed by atoms with E-state index in [1.54, 1.807) is 0 Å². The molecule has 0 heterocycles. The first-order valence-electron chi connectivity index (χ1n) is 7.75. The van der Waals surface area contributed by atoms with Crippen LogP contribution in [0.5, 0.6) is 0 Å². The van der Waals surface area contributed by atoms with E-state index in [0.29, 0.717) is 12.0 Å². The minimum atomic E-state index is -0.854. The lowest BCUT2D eigenvalue weighted by Gasteiger charge is -2.21. The molecule has 0 saturated heterocycles. The van der Waals surface area contributed by atoms with Gasteiger partial charge in [-0.05, 0) is 51.7 Å². The number of rotatable bonds is 13. The minimum Gasteiger partial charge on any atom is -0.478 e. The fraction of sp³-hybridized carbons (Fsp3) is 0.812. The van der Waals surface area contributed by atoms with E-state index >= 15 is 0 Å². The summed E-state index contributed by atoms with van der Waals surface area (Å²) < 4.78 is 0. The van der Waals surface area contributed by atoms with E-state index in [1.807, 2.05) is 0 Å². The van der Waals surface area contributed by atoms with Crippen LogP contribution in [-0.2, 0) is 4.79 Å². The van der Waals surface area contributed by atoms with Gasteiger partial charge < -0.3 is 10.0 Å². The Morgan fingerprint density at radius 2 is 1.47 bits per heavy atom. The molecule has 0 radical (unpaired) electrons. The van der Waals surface area contributed by atoms with Crippen LogP contribution in [0.3, 0.4) is 0 Å². The Balaban J connectivity index is 3.67. The molecule has 0 aliphatic rings. The van der Waals surface area contributed by atoms with Crippen LogP contribution >= 0.6 is 0 Å². The summed E-state index contributed by atoms with van der Waals surface area (Å²) in [7, 11) is 0. The third-order valence-corrected chi connectivity index (χ3v) is 3.41. The third-order valence-electron chi connectivity index (χ3n) is 3.41. The van der Waals surface area contributed by atoms with Crippen molar-refractivity contribution in [1.82, 2.24) is 4.90 Å². The van der Waals surface area contributed by atoms with Crippen LogP contribution in [0.15, 0.2) is 12.2 Å². The maximum absolute atomic E-state index is 10.6. The topological polar surface area (TPSA) is 40.5 Å². The quantitative estimate of drug-likeness (QED) is 0.404. The standard InChI is InChI=1S/C16H31NO2/c1-4-6-12-17(13-7-5-2)14-10-8-9-11-15(3)16(18)19/h3-14H2,1-2H3,(H,18,19). The summed E-state index contributed by atoms with van der Waals surface area (Å²) in [4.78, 5) is 13.2. The molecule has 0 aromatic carbocycles. The van der Waals surface area contributed by atoms with Crippen LogP contribution in [0, 0.1) is 0 Å². The van der Waals surface area contributed by atoms with Crippen LogP contribution in [0.4, 0.5) is 0 Å². The first kappa shape index (κ1) is 18.2. The summed E-state index contributed by atoms with van der Waals surface area (Å²) >= 11 is 0. The average molecular weight is 269 g/mol. The van der Waals surface area contributed by atoms with Gasteiger partial charge in [-0.1, -0.05) is 39.7 Å². The second-order valence-electron chi connectivity index (χ2n) is 5.27. The van der Waals surface area contributed by atoms with Gasteiger partial charge in [-0.15, -0.1) is 0 Å². The molecule has 0 aliphatic heterocycles. The van der Waals surface area contributed by atoms with Gasteiger partial charge >= 0.3 is 5.97 Å². The predicted octanol–water partition coefficient (Wildman–Crippen LogP) is 4.09. The highest BCUT2D eigenvalue weighted by Crippen LogP contribution is 2.09. The van der Waals surface area contributed by atoms with Crippen molar-refractivity contribution in [2.24, 2.45) is 0 Å². The van der Waals surface area contributed by atoms with Gasteiger partial charge in [0.05, 0.1) is 0 Å². The van der Waals surface area contributed by atoms with Gasteiger partial charge in [-0.2, -0.15) is 0 Å². The van der Waals surface area contributed by atoms with Crippen molar-refractivity contribution in [3.63, 3.8) is 0 Å². The summed E-state index contributed by atoms with van der Waals surface area (Å²) in [5.74, 6) is -0.854. The van der Waals surface area contributed by atoms with Crippen LogP contribution < -0.4 is 0 Å². The zero-order valence-corrected chi connectivity index (χ0v) is 12.8. The van der Waals surface area contributed by atoms with E-state index in [9.17, 15) is 4.79 Å². The first-order valence-corrected chi connectivity index (χ1v) is 7.75. The fourth-order valence-corrected chi connectivity index (χ4v) is 2.06. The van der Waals surface area contributed by atoms with Crippen molar-refractivity contribution < 1.29 is 9.90 Å². The Morgan fingerprint density at radius 3 is 1.95 bits per heavy atom. The fourth-order valence-electron chi connectivity index (χ4n) is 2.06. The molecule has 0 spiro atoms. The molecule has 3 heteroatoms. The van der Waals surface area contributed by atoms with Gasteiger partial charge in [0, 0.05) is 5.57 Å². The highest BCUT2D eigenvalue weighted by molar-refractivity contribution is 5.85. The molecule has 1 N–H and O–H groups in total. The molecule has 0 amide bonds. The maximum Gasteiger partial charge on any atom is 0.330 e. The molecule has 19 heavy (non-hydrogen) atoms. The monoisotopic (exact) mass is 269 g/mol. The number of unbranched alkanes of at least 4 members (excludes halogenated alkanes) is 4. The first-order chi connectivity index (χ1) is 9.11. The van der Waals surface area contributed by atoms with Gasteiger partial charge in [0.15, 0.2) is 0 Å². The normalized spacial score (nSPS) is 10.9. The molecule has 0 fully saturated rings. The second kappa shape index (κ2) is 12.2. The number of carbonyl (C=O) groups is 1. The third kappa shape index (κ3) is 10.8. The van der Waals surface area contributed by atoms with Crippen LogP contribution in [0.25, 0.3) is 0 Å². The van der Waals surface area contributed by atoms with E-state index in [-0.39, 0.29) is 0 Å². The predicted molar refractivity (Wildman–Crippen MR) is 81.5 cm³/mol. The average Bonchev–Trinajstić information content (AvgIpc) is 2.40. The summed E-state index contributed by atoms with van der Waals surface area (Å²) in [6, 6.07) is 0. The summed E-state index contributed by atoms with van der Waals surface area (Å²) in [6.07, 6.45) is 8.89. The summed E-state index contributed by atoms with van der Waals surface area (Å²) in [6.45, 7) is 11.6. The second-order valence-corrected chi connectivity index (χ2v) is 5.27. The highest BCUT2D eigenvalue weighted by atomic mass is 16.4. The Labute approximate surface area is 118 Å². The molecule has 0 aromatic rings. The summed E-state index contributed by atoms with van der Waals surface area (Å²) in [5.41, 5.74) is 0.342. The largest absolute Gasteiger partial charge is 0.478 e. The van der Waals surface area contributed by atoms with E-state index < -0.39 is 5.97 Å². The number of carboxylic acids is 1. The number of aliphatic carboxylic acids is 1. The minimum absolute atomic E-state index is 0.342. The van der Waals surface area contributed by atoms with Gasteiger partial charge in [0.2, 0.25) is 0 Å². The highest BCUT2D eigenvalue weighted by Gasteiger charge is 2.05. The molecule has 0 saturated carbocycles. The van der Waals surface area contributed by atoms with Crippen LogP contribution in [0.2, 0.25) is 0 Å². The van der Waals surface area contributed by atoms with E-state index in [2.05, 4.69) is 25.3 Å². The smallest absolute Gasteiger partial charge is 0.330 e. The molecular formula is C16H31NO2. The van der Waals surface area contributed by atoms with Crippen molar-refractivity contribution in [3.05, 3.63) is 12.2 Å². The molecule has 0 aliphatic carbocycles. The van der Waals surface area contributed by atoms with Crippen molar-refractivity contribution in [2.45, 2.75) is 65.2 Å². The molecule has 0 bridgehead atoms. The van der Waals surface area contributed by atoms with Crippen molar-refractivity contribution in [1.29, 1.82) is 0 Å². The molecule has 0 unspecified atom stereocenters. The van der Waals surface area contributed by atoms with Gasteiger partial charge in [-0.25, -0.2) is 4.79 Å². The Hall–Kier alpha value is -0.830. The van der Waals surface area contributed by atoms with Crippen molar-refractivity contribution in [2.75, 3.05) is 19.6 Å². The van der Waals surface area contributed by atoms with E-state index in [4.69, 9.17) is 5.11 Å². The maximum atomic E-state index is 10.6. The molecular weight excluding hydrogens is 238 g/mol. The molecule has 112 valence electrons. The van der Waals surface area contributed by atoms with E-state index in [0.717, 1.165) is 19.4 Å². The van der Waals surface area contributed by atoms with Gasteiger partial charge in [-0.3, -0.25) is 0 Å². The lowest BCUT2D eigenvalue weighted by molar-refractivity contribution is -0.132. The lowest BCUT2D eigenvalue weighted by atomic mass is 10.1. The zero-order chi connectivity index (χ0) is 14.5. The Kier molecular flexibility index (Phi) is 11.7. The Morgan fingerprint density at radius 1 is 0.947 bits per heavy atom. The number of hydrogen-bond acceptors (Lipinski definition) is 2. The molecule has 0 rings (SSSR count). The number of carboxylic acid groups (broad SMARTS) is 1. The van der Waals surface area contributed by atoms with Crippen molar-refractivity contribution >= 4 is 5.97 Å². The number of nitrogens with zero attached hydrogens (tertiary/aromatic N) is 1. The SMILES string of the molecule is C=C(CCCCCN(CCCC)CCCC)C(=O)O. The lowest BCUT2D eigenvalue weighted by Crippen LogP contribution is -2.27. The van der Waals surface area contributed by atoms with Crippen LogP contribution in [0.1, 0.15) is 65.2 Å². The molecule has 3 nitrogen and oxygen atoms in total. The number of hydrogen-bond donors (Lipinski definition) is 1. The molecule has 0 atom stereocenters. The summed E-state index contributed by atoms with van der Waals surface area (Å²) in [5, 5.41) is 8.71. The van der Waals surface area contributed by atoms with Gasteiger partial charge in [0.25, 0.3) is 0 Å². The van der Waals surface area contributed by atoms with Crippen molar-refractivity contribution in [3.8, 4) is 0 Å². The Bertz CT molecular complexity index is 243. The van der Waals surface area contributed by atoms with Gasteiger partial charge in [0.1, 0.15) is 0 Å². The van der Waals surface area contributed by atoms with Crippen LogP contribution in [-0.4, -0.2) is 35.6 Å². The molecule has 0 aromatic heterocycles. The zero-order valence-electron chi connectivity index (χ0n) is 12.8.